The molecule has 0 atom stereocenters. The van der Waals surface area contributed by atoms with Crippen LogP contribution in [0.5, 0.6) is 0 Å². The summed E-state index contributed by atoms with van der Waals surface area (Å²) in [4.78, 5) is 14.7. The molecule has 3 heterocycles. The van der Waals surface area contributed by atoms with Gasteiger partial charge in [0.25, 0.3) is 0 Å². The van der Waals surface area contributed by atoms with Crippen LogP contribution in [0, 0.1) is 5.82 Å². The van der Waals surface area contributed by atoms with E-state index in [1.165, 1.54) is 12.5 Å². The van der Waals surface area contributed by atoms with Crippen LogP contribution in [0.1, 0.15) is 6.92 Å². The highest BCUT2D eigenvalue weighted by atomic mass is 19.1. The average Bonchev–Trinajstić information content (AvgIpc) is 2.40. The number of aromatic nitrogens is 2. The monoisotopic (exact) mass is 265 g/mol. The zero-order valence-electron chi connectivity index (χ0n) is 11.3. The van der Waals surface area contributed by atoms with Gasteiger partial charge in [-0.15, -0.1) is 0 Å². The molecule has 1 aromatic heterocycles. The van der Waals surface area contributed by atoms with Crippen molar-refractivity contribution in [3.05, 3.63) is 18.3 Å². The first kappa shape index (κ1) is 12.7. The van der Waals surface area contributed by atoms with E-state index in [9.17, 15) is 4.39 Å². The third-order valence-electron chi connectivity index (χ3n) is 4.18. The lowest BCUT2D eigenvalue weighted by Gasteiger charge is -2.48. The molecule has 19 heavy (non-hydrogen) atoms. The summed E-state index contributed by atoms with van der Waals surface area (Å²) < 4.78 is 13.5. The first-order valence-corrected chi connectivity index (χ1v) is 6.94. The minimum Gasteiger partial charge on any atom is -0.351 e. The summed E-state index contributed by atoms with van der Waals surface area (Å²) in [6.07, 6.45) is 2.64. The Labute approximate surface area is 113 Å². The quantitative estimate of drug-likeness (QED) is 0.792. The highest BCUT2D eigenvalue weighted by Crippen LogP contribution is 2.24. The Morgan fingerprint density at radius 1 is 1.26 bits per heavy atom. The Morgan fingerprint density at radius 2 is 2.00 bits per heavy atom. The maximum absolute atomic E-state index is 13.5. The number of rotatable bonds is 3. The van der Waals surface area contributed by atoms with Crippen molar-refractivity contribution < 1.29 is 4.39 Å². The van der Waals surface area contributed by atoms with E-state index >= 15 is 0 Å². The topological polar surface area (TPSA) is 35.5 Å². The molecule has 0 amide bonds. The minimum atomic E-state index is -0.322. The molecule has 5 nitrogen and oxygen atoms in total. The Kier molecular flexibility index (Phi) is 3.61. The predicted octanol–water partition coefficient (Wildman–Crippen LogP) is 0.442. The first-order chi connectivity index (χ1) is 9.28. The van der Waals surface area contributed by atoms with E-state index in [0.717, 1.165) is 45.8 Å². The lowest BCUT2D eigenvalue weighted by molar-refractivity contribution is 0.0856. The third kappa shape index (κ3) is 2.55. The van der Waals surface area contributed by atoms with Crippen molar-refractivity contribution in [3.8, 4) is 0 Å². The molecule has 104 valence electrons. The summed E-state index contributed by atoms with van der Waals surface area (Å²) in [6, 6.07) is 0.549. The number of anilines is 1. The fraction of sp³-hybridized carbons (Fsp3) is 0.692. The molecule has 0 saturated carbocycles. The molecule has 2 aliphatic rings. The Bertz CT molecular complexity index is 427. The number of piperazine rings is 1. The van der Waals surface area contributed by atoms with Gasteiger partial charge in [0.05, 0.1) is 6.20 Å². The number of hydrogen-bond donors (Lipinski definition) is 0. The minimum absolute atomic E-state index is 0.322. The van der Waals surface area contributed by atoms with Gasteiger partial charge in [-0.3, -0.25) is 4.90 Å². The van der Waals surface area contributed by atoms with E-state index in [1.54, 1.807) is 0 Å². The zero-order valence-corrected chi connectivity index (χ0v) is 11.3. The molecule has 0 radical (unpaired) electrons. The molecular weight excluding hydrogens is 245 g/mol. The van der Waals surface area contributed by atoms with Crippen LogP contribution in [-0.2, 0) is 0 Å². The van der Waals surface area contributed by atoms with Crippen LogP contribution < -0.4 is 4.90 Å². The van der Waals surface area contributed by atoms with E-state index in [0.29, 0.717) is 11.9 Å². The van der Waals surface area contributed by atoms with Gasteiger partial charge in [0.15, 0.2) is 11.6 Å². The average molecular weight is 265 g/mol. The lowest BCUT2D eigenvalue weighted by atomic mass is 10.1. The third-order valence-corrected chi connectivity index (χ3v) is 4.18. The number of hydrogen-bond acceptors (Lipinski definition) is 5. The van der Waals surface area contributed by atoms with Crippen molar-refractivity contribution in [1.29, 1.82) is 0 Å². The van der Waals surface area contributed by atoms with Crippen molar-refractivity contribution >= 4 is 5.82 Å². The van der Waals surface area contributed by atoms with E-state index in [-0.39, 0.29) is 5.82 Å². The smallest absolute Gasteiger partial charge is 0.183 e. The summed E-state index contributed by atoms with van der Waals surface area (Å²) in [7, 11) is 0. The Balaban J connectivity index is 1.52. The van der Waals surface area contributed by atoms with Gasteiger partial charge >= 0.3 is 0 Å². The molecule has 2 aliphatic heterocycles. The number of likely N-dealkylation sites (N-methyl/N-ethyl adjacent to an activating group) is 1. The molecule has 1 aromatic rings. The zero-order chi connectivity index (χ0) is 13.2. The number of halogens is 1. The highest BCUT2D eigenvalue weighted by Gasteiger charge is 2.34. The van der Waals surface area contributed by atoms with Gasteiger partial charge < -0.3 is 9.80 Å². The van der Waals surface area contributed by atoms with E-state index in [2.05, 4.69) is 26.7 Å². The molecule has 0 bridgehead atoms. The standard InChI is InChI=1S/C13H20FN5/c1-2-17-3-5-18(6-4-17)11-8-19(9-11)13-12(14)7-15-10-16-13/h7,10-11H,2-6,8-9H2,1H3. The second-order valence-corrected chi connectivity index (χ2v) is 5.22. The first-order valence-electron chi connectivity index (χ1n) is 6.94. The second kappa shape index (κ2) is 5.38. The normalized spacial score (nSPS) is 22.5. The van der Waals surface area contributed by atoms with Gasteiger partial charge in [-0.2, -0.15) is 0 Å². The van der Waals surface area contributed by atoms with Gasteiger partial charge in [-0.1, -0.05) is 6.92 Å². The van der Waals surface area contributed by atoms with Crippen LogP contribution in [0.2, 0.25) is 0 Å². The molecule has 3 rings (SSSR count). The summed E-state index contributed by atoms with van der Waals surface area (Å²) in [5, 5.41) is 0. The molecule has 0 spiro atoms. The molecule has 2 fully saturated rings. The second-order valence-electron chi connectivity index (χ2n) is 5.22. The van der Waals surface area contributed by atoms with Crippen LogP contribution in [0.4, 0.5) is 10.2 Å². The van der Waals surface area contributed by atoms with Crippen molar-refractivity contribution in [2.45, 2.75) is 13.0 Å². The molecule has 6 heteroatoms. The van der Waals surface area contributed by atoms with Crippen LogP contribution in [0.15, 0.2) is 12.5 Å². The summed E-state index contributed by atoms with van der Waals surface area (Å²) in [5.74, 6) is 0.121. The molecule has 0 unspecified atom stereocenters. The van der Waals surface area contributed by atoms with Gasteiger partial charge in [-0.25, -0.2) is 14.4 Å². The summed E-state index contributed by atoms with van der Waals surface area (Å²) in [5.41, 5.74) is 0. The molecule has 0 aliphatic carbocycles. The van der Waals surface area contributed by atoms with Crippen molar-refractivity contribution in [3.63, 3.8) is 0 Å². The summed E-state index contributed by atoms with van der Waals surface area (Å²) >= 11 is 0. The van der Waals surface area contributed by atoms with Gasteiger partial charge in [0.1, 0.15) is 6.33 Å². The fourth-order valence-corrected chi connectivity index (χ4v) is 2.84. The molecule has 2 saturated heterocycles. The van der Waals surface area contributed by atoms with Crippen LogP contribution in [-0.4, -0.2) is 71.6 Å². The van der Waals surface area contributed by atoms with Gasteiger partial charge in [0.2, 0.25) is 0 Å². The van der Waals surface area contributed by atoms with Crippen molar-refractivity contribution in [2.24, 2.45) is 0 Å². The Morgan fingerprint density at radius 3 is 2.63 bits per heavy atom. The lowest BCUT2D eigenvalue weighted by Crippen LogP contribution is -2.63. The van der Waals surface area contributed by atoms with Crippen LogP contribution in [0.3, 0.4) is 0 Å². The maximum atomic E-state index is 13.5. The molecule has 0 N–H and O–H groups in total. The van der Waals surface area contributed by atoms with Gasteiger partial charge in [0, 0.05) is 45.3 Å². The fourth-order valence-electron chi connectivity index (χ4n) is 2.84. The molecule has 0 aromatic carbocycles. The molecular formula is C13H20FN5. The van der Waals surface area contributed by atoms with Crippen molar-refractivity contribution in [1.82, 2.24) is 19.8 Å². The van der Waals surface area contributed by atoms with Gasteiger partial charge in [-0.05, 0) is 6.54 Å². The largest absolute Gasteiger partial charge is 0.351 e. The summed E-state index contributed by atoms with van der Waals surface area (Å²) in [6.45, 7) is 9.64. The maximum Gasteiger partial charge on any atom is 0.183 e. The van der Waals surface area contributed by atoms with E-state index < -0.39 is 0 Å². The van der Waals surface area contributed by atoms with Crippen LogP contribution >= 0.6 is 0 Å². The predicted molar refractivity (Wildman–Crippen MR) is 71.7 cm³/mol. The Hall–Kier alpha value is -1.27. The van der Waals surface area contributed by atoms with Crippen LogP contribution in [0.25, 0.3) is 0 Å². The number of nitrogens with zero attached hydrogens (tertiary/aromatic N) is 5. The van der Waals surface area contributed by atoms with Crippen molar-refractivity contribution in [2.75, 3.05) is 50.7 Å². The highest BCUT2D eigenvalue weighted by molar-refractivity contribution is 5.42. The van der Waals surface area contributed by atoms with E-state index in [1.807, 2.05) is 4.90 Å². The SMILES string of the molecule is CCN1CCN(C2CN(c3ncncc3F)C2)CC1. The van der Waals surface area contributed by atoms with E-state index in [4.69, 9.17) is 0 Å².